The van der Waals surface area contributed by atoms with Gasteiger partial charge in [0.25, 0.3) is 0 Å². The fraction of sp³-hybridized carbons (Fsp3) is 0. The zero-order valence-electron chi connectivity index (χ0n) is 14.1. The maximum Gasteiger partial charge on any atom is 0.304 e. The summed E-state index contributed by atoms with van der Waals surface area (Å²) in [5.74, 6) is -0.130. The van der Waals surface area contributed by atoms with E-state index in [0.717, 1.165) is 22.5 Å². The summed E-state index contributed by atoms with van der Waals surface area (Å²) in [5, 5.41) is 1.62. The van der Waals surface area contributed by atoms with Gasteiger partial charge in [0.05, 0.1) is 0 Å². The predicted octanol–water partition coefficient (Wildman–Crippen LogP) is 4.96. The molecule has 1 aromatic heterocycles. The van der Waals surface area contributed by atoms with Crippen molar-refractivity contribution in [3.05, 3.63) is 89.3 Å². The number of hydrogen-bond donors (Lipinski definition) is 1. The predicted molar refractivity (Wildman–Crippen MR) is 109 cm³/mol. The average molecular weight is 396 g/mol. The molecular weight excluding hydrogens is 380 g/mol. The van der Waals surface area contributed by atoms with Crippen molar-refractivity contribution in [2.24, 2.45) is 0 Å². The summed E-state index contributed by atoms with van der Waals surface area (Å²) in [6.07, 6.45) is 6.43. The third-order valence-electron chi connectivity index (χ3n) is 3.77. The Kier molecular flexibility index (Phi) is 5.81. The standard InChI is InChI=1S/C21H16O4S2/c22-19(12-8-16-4-2-1-3-5-16)13-9-17-6-10-18(11-7-17)20-14-15-26-21(20)27(23,24)25/h1-15H,(H,23,24,25)/b12-8+,13-9+. The highest BCUT2D eigenvalue weighted by Crippen LogP contribution is 2.32. The molecule has 0 spiro atoms. The van der Waals surface area contributed by atoms with E-state index in [0.29, 0.717) is 11.1 Å². The summed E-state index contributed by atoms with van der Waals surface area (Å²) in [4.78, 5) is 11.9. The van der Waals surface area contributed by atoms with Gasteiger partial charge in [-0.05, 0) is 40.3 Å². The van der Waals surface area contributed by atoms with Gasteiger partial charge in [-0.3, -0.25) is 9.35 Å². The molecule has 1 N–H and O–H groups in total. The molecular formula is C21H16O4S2. The second kappa shape index (κ2) is 8.26. The number of rotatable bonds is 6. The van der Waals surface area contributed by atoms with Gasteiger partial charge in [0.2, 0.25) is 0 Å². The van der Waals surface area contributed by atoms with Gasteiger partial charge in [0, 0.05) is 5.56 Å². The Morgan fingerprint density at radius 3 is 2.04 bits per heavy atom. The Labute approximate surface area is 161 Å². The van der Waals surface area contributed by atoms with E-state index in [1.807, 2.05) is 30.3 Å². The minimum Gasteiger partial charge on any atom is -0.290 e. The Balaban J connectivity index is 1.71. The molecule has 0 atom stereocenters. The minimum atomic E-state index is -4.25. The fourth-order valence-corrected chi connectivity index (χ4v) is 4.22. The topological polar surface area (TPSA) is 71.4 Å². The van der Waals surface area contributed by atoms with Crippen molar-refractivity contribution in [3.63, 3.8) is 0 Å². The summed E-state index contributed by atoms with van der Waals surface area (Å²) in [6, 6.07) is 18.3. The van der Waals surface area contributed by atoms with E-state index in [4.69, 9.17) is 0 Å². The Morgan fingerprint density at radius 2 is 1.44 bits per heavy atom. The highest BCUT2D eigenvalue weighted by Gasteiger charge is 2.18. The van der Waals surface area contributed by atoms with Gasteiger partial charge in [-0.15, -0.1) is 11.3 Å². The first kappa shape index (κ1) is 19.0. The van der Waals surface area contributed by atoms with Crippen LogP contribution in [-0.2, 0) is 14.9 Å². The lowest BCUT2D eigenvalue weighted by Gasteiger charge is -2.02. The van der Waals surface area contributed by atoms with Gasteiger partial charge in [-0.2, -0.15) is 8.42 Å². The molecule has 0 aliphatic rings. The van der Waals surface area contributed by atoms with Crippen molar-refractivity contribution >= 4 is 39.4 Å². The first-order valence-corrected chi connectivity index (χ1v) is 10.4. The molecule has 0 saturated heterocycles. The molecule has 3 rings (SSSR count). The molecule has 0 bridgehead atoms. The van der Waals surface area contributed by atoms with Crippen LogP contribution >= 0.6 is 11.3 Å². The molecule has 0 fully saturated rings. The number of carbonyl (C=O) groups excluding carboxylic acids is 1. The molecule has 0 aliphatic carbocycles. The van der Waals surface area contributed by atoms with E-state index in [-0.39, 0.29) is 9.99 Å². The second-order valence-electron chi connectivity index (χ2n) is 5.70. The van der Waals surface area contributed by atoms with E-state index in [2.05, 4.69) is 0 Å². The number of thiophene rings is 1. The number of hydrogen-bond acceptors (Lipinski definition) is 4. The Bertz CT molecular complexity index is 1090. The second-order valence-corrected chi connectivity index (χ2v) is 8.23. The van der Waals surface area contributed by atoms with E-state index >= 15 is 0 Å². The van der Waals surface area contributed by atoms with Crippen LogP contribution in [0.15, 0.2) is 82.4 Å². The van der Waals surface area contributed by atoms with Gasteiger partial charge in [0.15, 0.2) is 9.99 Å². The highest BCUT2D eigenvalue weighted by molar-refractivity contribution is 7.88. The summed E-state index contributed by atoms with van der Waals surface area (Å²) >= 11 is 0.969. The van der Waals surface area contributed by atoms with Gasteiger partial charge >= 0.3 is 10.1 Å². The van der Waals surface area contributed by atoms with Gasteiger partial charge in [-0.1, -0.05) is 66.7 Å². The molecule has 136 valence electrons. The molecule has 0 unspecified atom stereocenters. The molecule has 1 heterocycles. The molecule has 0 saturated carbocycles. The van der Waals surface area contributed by atoms with Crippen LogP contribution in [0, 0.1) is 0 Å². The van der Waals surface area contributed by atoms with E-state index in [9.17, 15) is 17.8 Å². The van der Waals surface area contributed by atoms with Crippen molar-refractivity contribution in [1.29, 1.82) is 0 Å². The van der Waals surface area contributed by atoms with Crippen molar-refractivity contribution in [3.8, 4) is 11.1 Å². The number of ketones is 1. The van der Waals surface area contributed by atoms with Crippen LogP contribution in [0.1, 0.15) is 11.1 Å². The van der Waals surface area contributed by atoms with Crippen molar-refractivity contribution in [2.45, 2.75) is 4.21 Å². The summed E-state index contributed by atoms with van der Waals surface area (Å²) in [6.45, 7) is 0. The number of carbonyl (C=O) groups is 1. The molecule has 3 aromatic rings. The lowest BCUT2D eigenvalue weighted by atomic mass is 10.1. The van der Waals surface area contributed by atoms with Crippen molar-refractivity contribution in [2.75, 3.05) is 0 Å². The minimum absolute atomic E-state index is 0.0768. The SMILES string of the molecule is O=C(/C=C/c1ccccc1)/C=C/c1ccc(-c2ccsc2S(=O)(=O)O)cc1. The lowest BCUT2D eigenvalue weighted by Crippen LogP contribution is -1.96. The fourth-order valence-electron chi connectivity index (χ4n) is 2.46. The summed E-state index contributed by atoms with van der Waals surface area (Å²) in [5.41, 5.74) is 2.90. The Morgan fingerprint density at radius 1 is 0.852 bits per heavy atom. The molecule has 4 nitrogen and oxygen atoms in total. The highest BCUT2D eigenvalue weighted by atomic mass is 32.3. The summed E-state index contributed by atoms with van der Waals surface area (Å²) < 4.78 is 32.0. The zero-order valence-corrected chi connectivity index (χ0v) is 15.8. The van der Waals surface area contributed by atoms with Crippen LogP contribution in [-0.4, -0.2) is 18.8 Å². The van der Waals surface area contributed by atoms with Crippen LogP contribution in [0.4, 0.5) is 0 Å². The smallest absolute Gasteiger partial charge is 0.290 e. The van der Waals surface area contributed by atoms with Crippen LogP contribution in [0.25, 0.3) is 23.3 Å². The number of allylic oxidation sites excluding steroid dienone is 2. The first-order chi connectivity index (χ1) is 12.9. The van der Waals surface area contributed by atoms with Gasteiger partial charge in [0.1, 0.15) is 0 Å². The molecule has 0 aliphatic heterocycles. The summed E-state index contributed by atoms with van der Waals surface area (Å²) in [7, 11) is -4.25. The van der Waals surface area contributed by atoms with E-state index < -0.39 is 10.1 Å². The third-order valence-corrected chi connectivity index (χ3v) is 6.08. The Hall–Kier alpha value is -2.80. The normalized spacial score (nSPS) is 12.0. The number of benzene rings is 2. The van der Waals surface area contributed by atoms with Crippen LogP contribution in [0.3, 0.4) is 0 Å². The molecule has 27 heavy (non-hydrogen) atoms. The zero-order chi connectivity index (χ0) is 19.3. The van der Waals surface area contributed by atoms with E-state index in [1.165, 1.54) is 12.2 Å². The van der Waals surface area contributed by atoms with E-state index in [1.54, 1.807) is 47.9 Å². The van der Waals surface area contributed by atoms with Crippen LogP contribution in [0.2, 0.25) is 0 Å². The molecule has 6 heteroatoms. The molecule has 0 amide bonds. The monoisotopic (exact) mass is 396 g/mol. The molecule has 2 aromatic carbocycles. The van der Waals surface area contributed by atoms with Crippen molar-refractivity contribution < 1.29 is 17.8 Å². The van der Waals surface area contributed by atoms with Crippen molar-refractivity contribution in [1.82, 2.24) is 0 Å². The van der Waals surface area contributed by atoms with Gasteiger partial charge in [-0.25, -0.2) is 0 Å². The van der Waals surface area contributed by atoms with Crippen LogP contribution < -0.4 is 0 Å². The largest absolute Gasteiger partial charge is 0.304 e. The quantitative estimate of drug-likeness (QED) is 0.472. The van der Waals surface area contributed by atoms with Gasteiger partial charge < -0.3 is 0 Å². The first-order valence-electron chi connectivity index (χ1n) is 8.04. The lowest BCUT2D eigenvalue weighted by molar-refractivity contribution is -0.110. The third kappa shape index (κ3) is 5.10. The maximum absolute atomic E-state index is 11.9. The molecule has 0 radical (unpaired) electrons. The maximum atomic E-state index is 11.9. The van der Waals surface area contributed by atoms with Crippen LogP contribution in [0.5, 0.6) is 0 Å². The average Bonchev–Trinajstić information content (AvgIpc) is 3.16.